The highest BCUT2D eigenvalue weighted by Gasteiger charge is 2.43. The largest absolute Gasteiger partial charge is 0.395 e. The van der Waals surface area contributed by atoms with Crippen molar-refractivity contribution in [2.24, 2.45) is 0 Å². The number of rotatable bonds is 6. The third kappa shape index (κ3) is 4.85. The van der Waals surface area contributed by atoms with E-state index in [4.69, 9.17) is 0 Å². The van der Waals surface area contributed by atoms with Crippen LogP contribution in [-0.4, -0.2) is 50.6 Å². The lowest BCUT2D eigenvalue weighted by Crippen LogP contribution is -2.51. The number of benzene rings is 2. The Bertz CT molecular complexity index is 787. The number of allylic oxidation sites excluding steroid dienone is 1. The summed E-state index contributed by atoms with van der Waals surface area (Å²) in [6, 6.07) is 16.4. The Morgan fingerprint density at radius 2 is 1.68 bits per heavy atom. The predicted molar refractivity (Wildman–Crippen MR) is 114 cm³/mol. The summed E-state index contributed by atoms with van der Waals surface area (Å²) in [6.45, 7) is 1.90. The average Bonchev–Trinajstić information content (AvgIpc) is 2.73. The first kappa shape index (κ1) is 21.1. The topological polar surface area (TPSA) is 80.9 Å². The molecule has 0 saturated carbocycles. The van der Waals surface area contributed by atoms with Crippen molar-refractivity contribution >= 4 is 17.8 Å². The van der Waals surface area contributed by atoms with Crippen molar-refractivity contribution in [1.82, 2.24) is 0 Å². The molecule has 28 heavy (non-hydrogen) atoms. The van der Waals surface area contributed by atoms with E-state index in [9.17, 15) is 20.4 Å². The molecule has 150 valence electrons. The van der Waals surface area contributed by atoms with E-state index in [0.717, 1.165) is 29.5 Å². The first-order valence-corrected chi connectivity index (χ1v) is 10.6. The Hall–Kier alpha value is -1.63. The lowest BCUT2D eigenvalue weighted by Gasteiger charge is -2.39. The lowest BCUT2D eigenvalue weighted by atomic mass is 9.95. The van der Waals surface area contributed by atoms with Crippen molar-refractivity contribution in [3.63, 3.8) is 0 Å². The first-order valence-electron chi connectivity index (χ1n) is 9.68. The van der Waals surface area contributed by atoms with Gasteiger partial charge in [0.1, 0.15) is 6.10 Å². The zero-order valence-electron chi connectivity index (χ0n) is 16.0. The maximum atomic E-state index is 10.4. The normalized spacial score (nSPS) is 28.0. The predicted octanol–water partition coefficient (Wildman–Crippen LogP) is 2.74. The molecule has 4 nitrogen and oxygen atoms in total. The third-order valence-electron chi connectivity index (χ3n) is 5.22. The van der Waals surface area contributed by atoms with E-state index in [1.807, 2.05) is 24.3 Å². The fourth-order valence-electron chi connectivity index (χ4n) is 3.47. The van der Waals surface area contributed by atoms with E-state index in [1.54, 1.807) is 0 Å². The van der Waals surface area contributed by atoms with Gasteiger partial charge in [0.25, 0.3) is 0 Å². The molecule has 0 unspecified atom stereocenters. The number of aliphatic hydroxyl groups is 4. The van der Waals surface area contributed by atoms with E-state index in [1.165, 1.54) is 17.3 Å². The van der Waals surface area contributed by atoms with Crippen LogP contribution in [0.3, 0.4) is 0 Å². The number of hydrogen-bond acceptors (Lipinski definition) is 5. The molecule has 0 spiro atoms. The second-order valence-corrected chi connectivity index (χ2v) is 8.58. The van der Waals surface area contributed by atoms with Crippen molar-refractivity contribution in [1.29, 1.82) is 0 Å². The molecule has 1 fully saturated rings. The van der Waals surface area contributed by atoms with Crippen LogP contribution in [0.2, 0.25) is 0 Å². The fourth-order valence-corrected chi connectivity index (χ4v) is 4.88. The molecule has 0 aliphatic carbocycles. The van der Waals surface area contributed by atoms with E-state index in [0.29, 0.717) is 0 Å². The van der Waals surface area contributed by atoms with Gasteiger partial charge >= 0.3 is 0 Å². The summed E-state index contributed by atoms with van der Waals surface area (Å²) in [6.07, 6.45) is 2.52. The van der Waals surface area contributed by atoms with Crippen molar-refractivity contribution < 1.29 is 20.4 Å². The highest BCUT2D eigenvalue weighted by Crippen LogP contribution is 2.43. The van der Waals surface area contributed by atoms with Crippen LogP contribution >= 0.6 is 11.8 Å². The SMILES string of the molecule is CCc1ccc(/C=C/Cc2cccc([C@@H]3S[C@H](CO)[C@@H](O)[C@H](O)[C@H]3O)c2)cc1. The summed E-state index contributed by atoms with van der Waals surface area (Å²) < 4.78 is 0. The minimum absolute atomic E-state index is 0.245. The molecule has 5 heteroatoms. The molecule has 2 aromatic rings. The van der Waals surface area contributed by atoms with E-state index >= 15 is 0 Å². The summed E-state index contributed by atoms with van der Waals surface area (Å²) >= 11 is 1.31. The molecular formula is C23H28O4S. The van der Waals surface area contributed by atoms with Crippen LogP contribution in [0, 0.1) is 0 Å². The molecule has 0 bridgehead atoms. The third-order valence-corrected chi connectivity index (χ3v) is 6.85. The summed E-state index contributed by atoms with van der Waals surface area (Å²) in [7, 11) is 0. The van der Waals surface area contributed by atoms with Gasteiger partial charge in [0, 0.05) is 0 Å². The smallest absolute Gasteiger partial charge is 0.108 e. The summed E-state index contributed by atoms with van der Waals surface area (Å²) in [5.74, 6) is 0. The van der Waals surface area contributed by atoms with Gasteiger partial charge < -0.3 is 20.4 Å². The molecule has 4 N–H and O–H groups in total. The zero-order chi connectivity index (χ0) is 20.1. The van der Waals surface area contributed by atoms with Crippen LogP contribution < -0.4 is 0 Å². The van der Waals surface area contributed by atoms with Crippen molar-refractivity contribution in [3.05, 3.63) is 76.9 Å². The van der Waals surface area contributed by atoms with Gasteiger partial charge in [0.2, 0.25) is 0 Å². The van der Waals surface area contributed by atoms with Gasteiger partial charge in [-0.05, 0) is 35.1 Å². The minimum Gasteiger partial charge on any atom is -0.395 e. The molecule has 0 radical (unpaired) electrons. The van der Waals surface area contributed by atoms with E-state index in [-0.39, 0.29) is 11.9 Å². The van der Waals surface area contributed by atoms with Crippen LogP contribution in [0.15, 0.2) is 54.6 Å². The standard InChI is InChI=1S/C23H28O4S/c1-2-15-9-11-16(12-10-15)5-3-6-17-7-4-8-18(13-17)23-22(27)21(26)20(25)19(14-24)28-23/h3-5,7-13,19-27H,2,6,14H2,1H3/b5-3+/t19-,20-,21+,22-,23+/m1/s1. The minimum atomic E-state index is -1.27. The van der Waals surface area contributed by atoms with Crippen LogP contribution in [0.5, 0.6) is 0 Å². The van der Waals surface area contributed by atoms with Gasteiger partial charge in [0.15, 0.2) is 0 Å². The molecule has 2 aromatic carbocycles. The summed E-state index contributed by atoms with van der Waals surface area (Å²) in [5, 5.41) is 39.1. The number of aryl methyl sites for hydroxylation is 1. The maximum Gasteiger partial charge on any atom is 0.108 e. The summed E-state index contributed by atoms with van der Waals surface area (Å²) in [5.41, 5.74) is 4.48. The Morgan fingerprint density at radius 3 is 2.36 bits per heavy atom. The van der Waals surface area contributed by atoms with Gasteiger partial charge in [0.05, 0.1) is 29.3 Å². The highest BCUT2D eigenvalue weighted by molar-refractivity contribution is 8.00. The first-order chi connectivity index (χ1) is 13.5. The van der Waals surface area contributed by atoms with E-state index in [2.05, 4.69) is 43.3 Å². The monoisotopic (exact) mass is 400 g/mol. The van der Waals surface area contributed by atoms with Crippen LogP contribution in [0.4, 0.5) is 0 Å². The second-order valence-electron chi connectivity index (χ2n) is 7.20. The average molecular weight is 401 g/mol. The zero-order valence-corrected chi connectivity index (χ0v) is 16.8. The molecule has 0 aromatic heterocycles. The number of hydrogen-bond donors (Lipinski definition) is 4. The Morgan fingerprint density at radius 1 is 0.929 bits per heavy atom. The molecule has 5 atom stereocenters. The van der Waals surface area contributed by atoms with Gasteiger partial charge in [-0.1, -0.05) is 67.6 Å². The fraction of sp³-hybridized carbons (Fsp3) is 0.391. The summed E-state index contributed by atoms with van der Waals surface area (Å²) in [4.78, 5) is 0. The Kier molecular flexibility index (Phi) is 7.32. The maximum absolute atomic E-state index is 10.4. The highest BCUT2D eigenvalue weighted by atomic mass is 32.2. The van der Waals surface area contributed by atoms with Crippen molar-refractivity contribution in [3.8, 4) is 0 Å². The van der Waals surface area contributed by atoms with E-state index < -0.39 is 23.6 Å². The van der Waals surface area contributed by atoms with Gasteiger partial charge in [-0.25, -0.2) is 0 Å². The quantitative estimate of drug-likeness (QED) is 0.600. The van der Waals surface area contributed by atoms with Gasteiger partial charge in [-0.3, -0.25) is 0 Å². The lowest BCUT2D eigenvalue weighted by molar-refractivity contribution is -0.0700. The molecule has 1 heterocycles. The van der Waals surface area contributed by atoms with Crippen LogP contribution in [0.25, 0.3) is 6.08 Å². The Labute approximate surface area is 170 Å². The van der Waals surface area contributed by atoms with Crippen LogP contribution in [-0.2, 0) is 12.8 Å². The molecule has 3 rings (SSSR count). The van der Waals surface area contributed by atoms with Crippen molar-refractivity contribution in [2.45, 2.75) is 48.6 Å². The van der Waals surface area contributed by atoms with Gasteiger partial charge in [-0.15, -0.1) is 11.8 Å². The molecule has 1 aliphatic heterocycles. The van der Waals surface area contributed by atoms with Crippen LogP contribution in [0.1, 0.15) is 34.4 Å². The molecule has 1 saturated heterocycles. The number of thioether (sulfide) groups is 1. The molecule has 0 amide bonds. The van der Waals surface area contributed by atoms with Gasteiger partial charge in [-0.2, -0.15) is 0 Å². The number of aliphatic hydroxyl groups excluding tert-OH is 4. The molecular weight excluding hydrogens is 372 g/mol. The van der Waals surface area contributed by atoms with Crippen molar-refractivity contribution in [2.75, 3.05) is 6.61 Å². The second kappa shape index (κ2) is 9.72. The molecule has 1 aliphatic rings. The Balaban J connectivity index is 1.70.